The summed E-state index contributed by atoms with van der Waals surface area (Å²) in [7, 11) is 0. The Morgan fingerprint density at radius 3 is 3.16 bits per heavy atom. The van der Waals surface area contributed by atoms with Crippen LogP contribution in [0.5, 0.6) is 0 Å². The number of carboxylic acid groups (broad SMARTS) is 1. The first-order valence-electron chi connectivity index (χ1n) is 7.12. The largest absolute Gasteiger partial charge is 0.481 e. The Morgan fingerprint density at radius 1 is 1.58 bits per heavy atom. The van der Waals surface area contributed by atoms with Gasteiger partial charge in [-0.3, -0.25) is 9.69 Å². The zero-order valence-corrected chi connectivity index (χ0v) is 11.6. The van der Waals surface area contributed by atoms with Crippen LogP contribution in [-0.4, -0.2) is 38.6 Å². The molecular weight excluding hydrogens is 242 g/mol. The van der Waals surface area contributed by atoms with Gasteiger partial charge >= 0.3 is 5.97 Å². The van der Waals surface area contributed by atoms with E-state index < -0.39 is 5.97 Å². The lowest BCUT2D eigenvalue weighted by Crippen LogP contribution is -2.35. The smallest absolute Gasteiger partial charge is 0.303 e. The number of aliphatic carboxylic acids is 1. The van der Waals surface area contributed by atoms with E-state index in [0.29, 0.717) is 12.3 Å². The topological polar surface area (TPSA) is 58.4 Å². The van der Waals surface area contributed by atoms with Crippen molar-refractivity contribution in [3.63, 3.8) is 0 Å². The number of aromatic nitrogens is 2. The molecule has 106 valence electrons. The Kier molecular flexibility index (Phi) is 4.96. The minimum absolute atomic E-state index is 0.297. The van der Waals surface area contributed by atoms with Gasteiger partial charge in [-0.2, -0.15) is 0 Å². The van der Waals surface area contributed by atoms with Crippen molar-refractivity contribution in [2.75, 3.05) is 13.1 Å². The SMILES string of the molecule is CCn1cncc1CN1CCCC(CCC(=O)O)C1. The molecule has 5 heteroatoms. The van der Waals surface area contributed by atoms with Crippen molar-refractivity contribution in [2.45, 2.75) is 45.7 Å². The minimum atomic E-state index is -0.679. The molecule has 1 aromatic heterocycles. The minimum Gasteiger partial charge on any atom is -0.481 e. The van der Waals surface area contributed by atoms with Gasteiger partial charge in [0.05, 0.1) is 12.0 Å². The number of hydrogen-bond acceptors (Lipinski definition) is 3. The van der Waals surface area contributed by atoms with E-state index >= 15 is 0 Å². The Labute approximate surface area is 114 Å². The Hall–Kier alpha value is -1.36. The van der Waals surface area contributed by atoms with E-state index in [2.05, 4.69) is 21.4 Å². The molecule has 0 bridgehead atoms. The normalized spacial score (nSPS) is 20.6. The second-order valence-electron chi connectivity index (χ2n) is 5.35. The van der Waals surface area contributed by atoms with Crippen LogP contribution < -0.4 is 0 Å². The Morgan fingerprint density at radius 2 is 2.42 bits per heavy atom. The van der Waals surface area contributed by atoms with Gasteiger partial charge in [0.1, 0.15) is 0 Å². The molecule has 0 aromatic carbocycles. The van der Waals surface area contributed by atoms with Gasteiger partial charge < -0.3 is 9.67 Å². The third-order valence-corrected chi connectivity index (χ3v) is 3.89. The Balaban J connectivity index is 1.85. The first kappa shape index (κ1) is 14.1. The summed E-state index contributed by atoms with van der Waals surface area (Å²) in [5.74, 6) is -0.149. The van der Waals surface area contributed by atoms with Crippen LogP contribution in [0.25, 0.3) is 0 Å². The number of aryl methyl sites for hydroxylation is 1. The first-order chi connectivity index (χ1) is 9.19. The monoisotopic (exact) mass is 265 g/mol. The fourth-order valence-corrected chi connectivity index (χ4v) is 2.85. The van der Waals surface area contributed by atoms with Crippen molar-refractivity contribution in [3.05, 3.63) is 18.2 Å². The van der Waals surface area contributed by atoms with Crippen LogP contribution >= 0.6 is 0 Å². The fraction of sp³-hybridized carbons (Fsp3) is 0.714. The highest BCUT2D eigenvalue weighted by Gasteiger charge is 2.21. The van der Waals surface area contributed by atoms with Crippen LogP contribution in [-0.2, 0) is 17.9 Å². The Bertz CT molecular complexity index is 417. The average Bonchev–Trinajstić information content (AvgIpc) is 2.84. The van der Waals surface area contributed by atoms with Gasteiger partial charge in [0.25, 0.3) is 0 Å². The summed E-state index contributed by atoms with van der Waals surface area (Å²) in [6.07, 6.45) is 7.25. The molecule has 0 aliphatic carbocycles. The lowest BCUT2D eigenvalue weighted by atomic mass is 9.93. The summed E-state index contributed by atoms with van der Waals surface area (Å²) >= 11 is 0. The molecule has 1 fully saturated rings. The fourth-order valence-electron chi connectivity index (χ4n) is 2.85. The van der Waals surface area contributed by atoms with E-state index in [1.54, 1.807) is 0 Å². The van der Waals surface area contributed by atoms with Crippen LogP contribution in [0.1, 0.15) is 38.3 Å². The molecule has 0 amide bonds. The van der Waals surface area contributed by atoms with Crippen LogP contribution in [0.4, 0.5) is 0 Å². The molecule has 1 saturated heterocycles. The lowest BCUT2D eigenvalue weighted by molar-refractivity contribution is -0.137. The van der Waals surface area contributed by atoms with Gasteiger partial charge in [0, 0.05) is 32.3 Å². The summed E-state index contributed by atoms with van der Waals surface area (Å²) in [5, 5.41) is 8.76. The van der Waals surface area contributed by atoms with E-state index in [4.69, 9.17) is 5.11 Å². The first-order valence-corrected chi connectivity index (χ1v) is 7.12. The van der Waals surface area contributed by atoms with E-state index in [9.17, 15) is 4.79 Å². The summed E-state index contributed by atoms with van der Waals surface area (Å²) in [5.41, 5.74) is 1.25. The molecule has 2 heterocycles. The molecule has 2 rings (SSSR count). The molecule has 1 aromatic rings. The van der Waals surface area contributed by atoms with E-state index in [1.165, 1.54) is 12.1 Å². The zero-order valence-electron chi connectivity index (χ0n) is 11.6. The van der Waals surface area contributed by atoms with Gasteiger partial charge in [-0.25, -0.2) is 4.98 Å². The molecule has 0 spiro atoms. The average molecular weight is 265 g/mol. The van der Waals surface area contributed by atoms with Crippen molar-refractivity contribution in [3.8, 4) is 0 Å². The second-order valence-corrected chi connectivity index (χ2v) is 5.35. The van der Waals surface area contributed by atoms with Crippen LogP contribution in [0.2, 0.25) is 0 Å². The zero-order chi connectivity index (χ0) is 13.7. The van der Waals surface area contributed by atoms with Crippen molar-refractivity contribution in [2.24, 2.45) is 5.92 Å². The number of imidazole rings is 1. The van der Waals surface area contributed by atoms with E-state index in [1.807, 2.05) is 12.5 Å². The number of likely N-dealkylation sites (tertiary alicyclic amines) is 1. The molecular formula is C14H23N3O2. The molecule has 19 heavy (non-hydrogen) atoms. The number of nitrogens with zero attached hydrogens (tertiary/aromatic N) is 3. The van der Waals surface area contributed by atoms with Crippen molar-refractivity contribution < 1.29 is 9.90 Å². The standard InChI is InChI=1S/C14H23N3O2/c1-2-17-11-15-8-13(17)10-16-7-3-4-12(9-16)5-6-14(18)19/h8,11-12H,2-7,9-10H2,1H3,(H,18,19). The van der Waals surface area contributed by atoms with Crippen LogP contribution in [0.15, 0.2) is 12.5 Å². The number of hydrogen-bond donors (Lipinski definition) is 1. The van der Waals surface area contributed by atoms with Crippen molar-refractivity contribution >= 4 is 5.97 Å². The summed E-state index contributed by atoms with van der Waals surface area (Å²) in [6.45, 7) is 6.13. The molecule has 1 aliphatic heterocycles. The molecule has 1 atom stereocenters. The van der Waals surface area contributed by atoms with Crippen molar-refractivity contribution in [1.29, 1.82) is 0 Å². The summed E-state index contributed by atoms with van der Waals surface area (Å²) < 4.78 is 2.17. The number of carboxylic acids is 1. The van der Waals surface area contributed by atoms with E-state index in [-0.39, 0.29) is 0 Å². The number of piperidine rings is 1. The van der Waals surface area contributed by atoms with Gasteiger partial charge in [0.2, 0.25) is 0 Å². The quantitative estimate of drug-likeness (QED) is 0.854. The molecule has 1 unspecified atom stereocenters. The molecule has 1 aliphatic rings. The molecule has 1 N–H and O–H groups in total. The predicted molar refractivity (Wildman–Crippen MR) is 72.8 cm³/mol. The lowest BCUT2D eigenvalue weighted by Gasteiger charge is -2.32. The second kappa shape index (κ2) is 6.70. The van der Waals surface area contributed by atoms with E-state index in [0.717, 1.165) is 39.0 Å². The maximum atomic E-state index is 10.6. The van der Waals surface area contributed by atoms with Crippen LogP contribution in [0, 0.1) is 5.92 Å². The molecule has 0 radical (unpaired) electrons. The van der Waals surface area contributed by atoms with Gasteiger partial charge in [0.15, 0.2) is 0 Å². The maximum Gasteiger partial charge on any atom is 0.303 e. The third-order valence-electron chi connectivity index (χ3n) is 3.89. The highest BCUT2D eigenvalue weighted by atomic mass is 16.4. The summed E-state index contributed by atoms with van der Waals surface area (Å²) in [4.78, 5) is 17.3. The molecule has 0 saturated carbocycles. The van der Waals surface area contributed by atoms with Crippen molar-refractivity contribution in [1.82, 2.24) is 14.5 Å². The predicted octanol–water partition coefficient (Wildman–Crippen LogP) is 1.98. The maximum absolute atomic E-state index is 10.6. The third kappa shape index (κ3) is 4.06. The number of carbonyl (C=O) groups is 1. The number of rotatable bonds is 6. The van der Waals surface area contributed by atoms with Gasteiger partial charge in [-0.1, -0.05) is 0 Å². The highest BCUT2D eigenvalue weighted by molar-refractivity contribution is 5.66. The highest BCUT2D eigenvalue weighted by Crippen LogP contribution is 2.22. The summed E-state index contributed by atoms with van der Waals surface area (Å²) in [6, 6.07) is 0. The van der Waals surface area contributed by atoms with Gasteiger partial charge in [-0.15, -0.1) is 0 Å². The van der Waals surface area contributed by atoms with Gasteiger partial charge in [-0.05, 0) is 38.6 Å². The molecule has 5 nitrogen and oxygen atoms in total. The van der Waals surface area contributed by atoms with Crippen LogP contribution in [0.3, 0.4) is 0 Å².